The molecular formula is C6H7ClN2O2. The maximum absolute atomic E-state index is 10.4. The molecule has 60 valence electrons. The first-order chi connectivity index (χ1) is 5.15. The van der Waals surface area contributed by atoms with Crippen LogP contribution in [0.3, 0.4) is 0 Å². The van der Waals surface area contributed by atoms with Gasteiger partial charge in [0.05, 0.1) is 0 Å². The van der Waals surface area contributed by atoms with Crippen molar-refractivity contribution in [2.45, 2.75) is 13.3 Å². The van der Waals surface area contributed by atoms with Gasteiger partial charge in [0.1, 0.15) is 11.0 Å². The summed E-state index contributed by atoms with van der Waals surface area (Å²) in [5.74, 6) is -0.515. The number of hydrogen-bond acceptors (Lipinski definition) is 2. The molecule has 0 atom stereocenters. The number of carboxylic acid groups (broad SMARTS) is 1. The van der Waals surface area contributed by atoms with Gasteiger partial charge >= 0.3 is 5.97 Å². The SMILES string of the molecule is CCc1nc(C(=O)O)c(Cl)[nH]1. The first kappa shape index (κ1) is 8.07. The van der Waals surface area contributed by atoms with Crippen molar-refractivity contribution in [2.75, 3.05) is 0 Å². The normalized spacial score (nSPS) is 10.0. The number of halogens is 1. The number of rotatable bonds is 2. The Hall–Kier alpha value is -1.03. The van der Waals surface area contributed by atoms with E-state index in [9.17, 15) is 4.79 Å². The fraction of sp³-hybridized carbons (Fsp3) is 0.333. The molecule has 11 heavy (non-hydrogen) atoms. The van der Waals surface area contributed by atoms with Crippen LogP contribution in [-0.2, 0) is 6.42 Å². The number of aromatic amines is 1. The molecule has 0 fully saturated rings. The molecule has 0 aliphatic heterocycles. The van der Waals surface area contributed by atoms with Crippen LogP contribution in [0.2, 0.25) is 5.15 Å². The number of nitrogens with zero attached hydrogens (tertiary/aromatic N) is 1. The number of hydrogen-bond donors (Lipinski definition) is 2. The Morgan fingerprint density at radius 1 is 1.82 bits per heavy atom. The summed E-state index contributed by atoms with van der Waals surface area (Å²) in [7, 11) is 0. The van der Waals surface area contributed by atoms with Gasteiger partial charge in [-0.1, -0.05) is 18.5 Å². The number of aromatic nitrogens is 2. The lowest BCUT2D eigenvalue weighted by molar-refractivity contribution is 0.0691. The molecule has 0 bridgehead atoms. The molecule has 1 aromatic heterocycles. The predicted octanol–water partition coefficient (Wildman–Crippen LogP) is 1.32. The van der Waals surface area contributed by atoms with E-state index in [0.717, 1.165) is 0 Å². The highest BCUT2D eigenvalue weighted by Gasteiger charge is 2.13. The average molecular weight is 175 g/mol. The monoisotopic (exact) mass is 174 g/mol. The molecule has 0 amide bonds. The summed E-state index contributed by atoms with van der Waals surface area (Å²) in [4.78, 5) is 16.8. The topological polar surface area (TPSA) is 66.0 Å². The number of aromatic carboxylic acids is 1. The highest BCUT2D eigenvalue weighted by Crippen LogP contribution is 2.12. The Labute approximate surface area is 68.2 Å². The number of H-pyrrole nitrogens is 1. The molecule has 1 heterocycles. The Balaban J connectivity index is 3.07. The second kappa shape index (κ2) is 2.92. The summed E-state index contributed by atoms with van der Waals surface area (Å²) >= 11 is 5.52. The molecule has 5 heteroatoms. The van der Waals surface area contributed by atoms with Crippen molar-refractivity contribution in [3.63, 3.8) is 0 Å². The van der Waals surface area contributed by atoms with Crippen molar-refractivity contribution in [2.24, 2.45) is 0 Å². The molecule has 0 radical (unpaired) electrons. The van der Waals surface area contributed by atoms with Gasteiger partial charge < -0.3 is 10.1 Å². The van der Waals surface area contributed by atoms with E-state index in [2.05, 4.69) is 9.97 Å². The smallest absolute Gasteiger partial charge is 0.357 e. The highest BCUT2D eigenvalue weighted by atomic mass is 35.5. The molecule has 0 spiro atoms. The van der Waals surface area contributed by atoms with E-state index in [1.165, 1.54) is 0 Å². The van der Waals surface area contributed by atoms with Gasteiger partial charge in [-0.2, -0.15) is 0 Å². The number of nitrogens with one attached hydrogen (secondary N) is 1. The second-order valence-electron chi connectivity index (χ2n) is 2.00. The molecule has 0 saturated carbocycles. The van der Waals surface area contributed by atoms with E-state index in [1.54, 1.807) is 0 Å². The van der Waals surface area contributed by atoms with Crippen molar-refractivity contribution >= 4 is 17.6 Å². The molecular weight excluding hydrogens is 168 g/mol. The standard InChI is InChI=1S/C6H7ClN2O2/c1-2-3-8-4(6(10)11)5(7)9-3/h2H2,1H3,(H,8,9)(H,10,11). The molecule has 0 unspecified atom stereocenters. The predicted molar refractivity (Wildman–Crippen MR) is 39.9 cm³/mol. The quantitative estimate of drug-likeness (QED) is 0.711. The van der Waals surface area contributed by atoms with Gasteiger partial charge in [0, 0.05) is 6.42 Å². The van der Waals surface area contributed by atoms with Crippen LogP contribution in [0.25, 0.3) is 0 Å². The second-order valence-corrected chi connectivity index (χ2v) is 2.38. The molecule has 0 aliphatic carbocycles. The van der Waals surface area contributed by atoms with Crippen molar-refractivity contribution in [1.29, 1.82) is 0 Å². The number of aryl methyl sites for hydroxylation is 1. The van der Waals surface area contributed by atoms with Gasteiger partial charge in [0.15, 0.2) is 5.69 Å². The van der Waals surface area contributed by atoms with Gasteiger partial charge in [0.2, 0.25) is 0 Å². The summed E-state index contributed by atoms with van der Waals surface area (Å²) < 4.78 is 0. The van der Waals surface area contributed by atoms with E-state index in [1.807, 2.05) is 6.92 Å². The Morgan fingerprint density at radius 3 is 2.73 bits per heavy atom. The first-order valence-corrected chi connectivity index (χ1v) is 3.50. The molecule has 0 aliphatic rings. The number of imidazole rings is 1. The van der Waals surface area contributed by atoms with E-state index in [-0.39, 0.29) is 10.8 Å². The fourth-order valence-electron chi connectivity index (χ4n) is 0.707. The van der Waals surface area contributed by atoms with Gasteiger partial charge in [0.25, 0.3) is 0 Å². The van der Waals surface area contributed by atoms with Crippen LogP contribution >= 0.6 is 11.6 Å². The van der Waals surface area contributed by atoms with Gasteiger partial charge in [-0.15, -0.1) is 0 Å². The molecule has 0 saturated heterocycles. The van der Waals surface area contributed by atoms with Crippen molar-refractivity contribution in [3.8, 4) is 0 Å². The van der Waals surface area contributed by atoms with Crippen LogP contribution in [0, 0.1) is 0 Å². The molecule has 1 rings (SSSR count). The third-order valence-electron chi connectivity index (χ3n) is 1.25. The Bertz CT molecular complexity index is 282. The van der Waals surface area contributed by atoms with Crippen LogP contribution in [0.4, 0.5) is 0 Å². The van der Waals surface area contributed by atoms with Crippen LogP contribution in [-0.4, -0.2) is 21.0 Å². The van der Waals surface area contributed by atoms with Gasteiger partial charge in [-0.3, -0.25) is 0 Å². The zero-order chi connectivity index (χ0) is 8.43. The van der Waals surface area contributed by atoms with E-state index >= 15 is 0 Å². The molecule has 2 N–H and O–H groups in total. The highest BCUT2D eigenvalue weighted by molar-refractivity contribution is 6.32. The lowest BCUT2D eigenvalue weighted by Crippen LogP contribution is -1.97. The summed E-state index contributed by atoms with van der Waals surface area (Å²) in [5, 5.41) is 8.60. The van der Waals surface area contributed by atoms with Crippen molar-refractivity contribution in [1.82, 2.24) is 9.97 Å². The van der Waals surface area contributed by atoms with Crippen molar-refractivity contribution < 1.29 is 9.90 Å². The lowest BCUT2D eigenvalue weighted by Gasteiger charge is -1.83. The summed E-state index contributed by atoms with van der Waals surface area (Å²) in [6.45, 7) is 1.86. The van der Waals surface area contributed by atoms with Crippen LogP contribution < -0.4 is 0 Å². The zero-order valence-electron chi connectivity index (χ0n) is 5.89. The largest absolute Gasteiger partial charge is 0.476 e. The Kier molecular flexibility index (Phi) is 2.14. The lowest BCUT2D eigenvalue weighted by atomic mass is 10.5. The number of carbonyl (C=O) groups is 1. The maximum atomic E-state index is 10.4. The van der Waals surface area contributed by atoms with Crippen LogP contribution in [0.15, 0.2) is 0 Å². The zero-order valence-corrected chi connectivity index (χ0v) is 6.64. The van der Waals surface area contributed by atoms with Crippen molar-refractivity contribution in [3.05, 3.63) is 16.7 Å². The minimum atomic E-state index is -1.11. The maximum Gasteiger partial charge on any atom is 0.357 e. The van der Waals surface area contributed by atoms with E-state index < -0.39 is 5.97 Å². The third-order valence-corrected chi connectivity index (χ3v) is 1.52. The number of carboxylic acids is 1. The molecule has 1 aromatic rings. The van der Waals surface area contributed by atoms with Gasteiger partial charge in [-0.25, -0.2) is 9.78 Å². The minimum Gasteiger partial charge on any atom is -0.476 e. The van der Waals surface area contributed by atoms with Gasteiger partial charge in [-0.05, 0) is 0 Å². The van der Waals surface area contributed by atoms with Crippen LogP contribution in [0.5, 0.6) is 0 Å². The summed E-state index contributed by atoms with van der Waals surface area (Å²) in [5.41, 5.74) is -0.108. The summed E-state index contributed by atoms with van der Waals surface area (Å²) in [6.07, 6.45) is 0.646. The average Bonchev–Trinajstić information content (AvgIpc) is 2.30. The molecule has 0 aromatic carbocycles. The fourth-order valence-corrected chi connectivity index (χ4v) is 0.939. The molecule has 4 nitrogen and oxygen atoms in total. The Morgan fingerprint density at radius 2 is 2.45 bits per heavy atom. The van der Waals surface area contributed by atoms with E-state index in [0.29, 0.717) is 12.2 Å². The van der Waals surface area contributed by atoms with Crippen LogP contribution in [0.1, 0.15) is 23.2 Å². The third kappa shape index (κ3) is 1.51. The van der Waals surface area contributed by atoms with E-state index in [4.69, 9.17) is 16.7 Å². The first-order valence-electron chi connectivity index (χ1n) is 3.12. The summed E-state index contributed by atoms with van der Waals surface area (Å²) in [6, 6.07) is 0. The minimum absolute atomic E-state index is 0.0920.